The monoisotopic (exact) mass is 288 g/mol. The van der Waals surface area contributed by atoms with E-state index in [1.807, 2.05) is 0 Å². The van der Waals surface area contributed by atoms with Crippen LogP contribution in [0.2, 0.25) is 0 Å². The van der Waals surface area contributed by atoms with Gasteiger partial charge in [0.05, 0.1) is 12.2 Å². The minimum Gasteiger partial charge on any atom is -0.375 e. The van der Waals surface area contributed by atoms with Gasteiger partial charge in [0.1, 0.15) is 8.37 Å². The highest BCUT2D eigenvalue weighted by molar-refractivity contribution is 7.50. The number of rotatable bonds is 5. The first-order valence-corrected chi connectivity index (χ1v) is 9.03. The van der Waals surface area contributed by atoms with Crippen molar-refractivity contribution in [2.75, 3.05) is 7.05 Å². The Bertz CT molecular complexity index is 251. The van der Waals surface area contributed by atoms with Crippen LogP contribution in [0.3, 0.4) is 0 Å². The molecule has 5 nitrogen and oxygen atoms in total. The number of hydrogen-bond donors (Lipinski definition) is 4. The van der Waals surface area contributed by atoms with Crippen LogP contribution in [-0.4, -0.2) is 31.3 Å². The van der Waals surface area contributed by atoms with Crippen LogP contribution in [0.25, 0.3) is 0 Å². The van der Waals surface area contributed by atoms with Crippen LogP contribution in [0.1, 0.15) is 51.4 Å². The normalized spacial score (nSPS) is 36.6. The smallest absolute Gasteiger partial charge is 0.106 e. The minimum absolute atomic E-state index is 0.455. The molecule has 0 heterocycles. The molecular formula is C13H29N4OP. The summed E-state index contributed by atoms with van der Waals surface area (Å²) in [5.41, 5.74) is 11.3. The first-order valence-electron chi connectivity index (χ1n) is 7.55. The fourth-order valence-corrected chi connectivity index (χ4v) is 3.98. The molecule has 19 heavy (non-hydrogen) atoms. The molecule has 112 valence electrons. The summed E-state index contributed by atoms with van der Waals surface area (Å²) in [6, 6.07) is 1.20. The van der Waals surface area contributed by atoms with Crippen molar-refractivity contribution in [3.05, 3.63) is 0 Å². The van der Waals surface area contributed by atoms with Crippen LogP contribution >= 0.6 is 8.37 Å². The lowest BCUT2D eigenvalue weighted by molar-refractivity contribution is -0.0502. The highest BCUT2D eigenvalue weighted by atomic mass is 31.1. The van der Waals surface area contributed by atoms with Crippen LogP contribution in [-0.2, 0) is 4.74 Å². The van der Waals surface area contributed by atoms with E-state index in [0.717, 1.165) is 25.7 Å². The molecule has 0 aromatic heterocycles. The lowest BCUT2D eigenvalue weighted by Crippen LogP contribution is -2.38. The van der Waals surface area contributed by atoms with Crippen molar-refractivity contribution < 1.29 is 4.74 Å². The predicted octanol–water partition coefficient (Wildman–Crippen LogP) is 1.58. The first-order chi connectivity index (χ1) is 9.17. The average Bonchev–Trinajstić information content (AvgIpc) is 2.41. The van der Waals surface area contributed by atoms with Gasteiger partial charge in [-0.3, -0.25) is 16.1 Å². The van der Waals surface area contributed by atoms with Gasteiger partial charge in [-0.1, -0.05) is 0 Å². The van der Waals surface area contributed by atoms with Gasteiger partial charge >= 0.3 is 0 Å². The van der Waals surface area contributed by atoms with Crippen LogP contribution in [0.5, 0.6) is 0 Å². The van der Waals surface area contributed by atoms with E-state index in [0.29, 0.717) is 24.3 Å². The average molecular weight is 288 g/mol. The van der Waals surface area contributed by atoms with Crippen molar-refractivity contribution in [1.82, 2.24) is 10.4 Å². The minimum atomic E-state index is -0.959. The van der Waals surface area contributed by atoms with Gasteiger partial charge in [-0.15, -0.1) is 0 Å². The molecule has 0 aromatic rings. The molecule has 0 unspecified atom stereocenters. The van der Waals surface area contributed by atoms with E-state index < -0.39 is 8.37 Å². The zero-order valence-electron chi connectivity index (χ0n) is 12.0. The molecule has 2 fully saturated rings. The predicted molar refractivity (Wildman–Crippen MR) is 80.7 cm³/mol. The maximum Gasteiger partial charge on any atom is 0.106 e. The lowest BCUT2D eigenvalue weighted by atomic mass is 9.91. The Morgan fingerprint density at radius 3 is 1.74 bits per heavy atom. The summed E-state index contributed by atoms with van der Waals surface area (Å²) < 4.78 is 6.27. The van der Waals surface area contributed by atoms with E-state index in [2.05, 4.69) is 17.5 Å². The summed E-state index contributed by atoms with van der Waals surface area (Å²) in [6.07, 6.45) is 10.4. The highest BCUT2D eigenvalue weighted by Crippen LogP contribution is 2.28. The van der Waals surface area contributed by atoms with Gasteiger partial charge in [0.15, 0.2) is 0 Å². The van der Waals surface area contributed by atoms with Crippen LogP contribution in [0, 0.1) is 0 Å². The van der Waals surface area contributed by atoms with Crippen molar-refractivity contribution in [3.8, 4) is 0 Å². The van der Waals surface area contributed by atoms with Gasteiger partial charge in [-0.05, 0) is 58.4 Å². The van der Waals surface area contributed by atoms with Gasteiger partial charge in [0, 0.05) is 12.1 Å². The van der Waals surface area contributed by atoms with Crippen molar-refractivity contribution in [1.29, 1.82) is 0 Å². The van der Waals surface area contributed by atoms with Gasteiger partial charge in [-0.25, -0.2) is 0 Å². The van der Waals surface area contributed by atoms with E-state index >= 15 is 0 Å². The second kappa shape index (κ2) is 7.87. The molecular weight excluding hydrogens is 259 g/mol. The Morgan fingerprint density at radius 2 is 1.32 bits per heavy atom. The highest BCUT2D eigenvalue weighted by Gasteiger charge is 2.27. The van der Waals surface area contributed by atoms with Gasteiger partial charge < -0.3 is 10.1 Å². The van der Waals surface area contributed by atoms with Crippen molar-refractivity contribution >= 4 is 8.37 Å². The molecule has 2 aliphatic carbocycles. The molecule has 6 N–H and O–H groups in total. The number of nitrogens with one attached hydrogen (secondary N) is 2. The maximum atomic E-state index is 6.27. The van der Waals surface area contributed by atoms with Gasteiger partial charge in [0.25, 0.3) is 0 Å². The summed E-state index contributed by atoms with van der Waals surface area (Å²) in [5, 5.41) is 6.64. The van der Waals surface area contributed by atoms with Crippen molar-refractivity contribution in [3.63, 3.8) is 0 Å². The van der Waals surface area contributed by atoms with E-state index in [1.54, 1.807) is 0 Å². The van der Waals surface area contributed by atoms with Gasteiger partial charge in [-0.2, -0.15) is 0 Å². The third-order valence-electron chi connectivity index (χ3n) is 4.47. The third kappa shape index (κ3) is 5.25. The van der Waals surface area contributed by atoms with E-state index in [4.69, 9.17) is 15.7 Å². The molecule has 0 spiro atoms. The zero-order chi connectivity index (χ0) is 13.7. The fourth-order valence-electron chi connectivity index (χ4n) is 3.30. The summed E-state index contributed by atoms with van der Waals surface area (Å²) in [7, 11) is 1.10. The SMILES string of the molecule is CNC1CCC(OC2CCC(NP(N)N)CC2)CC1. The number of hydrogen-bond acceptors (Lipinski definition) is 5. The summed E-state index contributed by atoms with van der Waals surface area (Å²) in [5.74, 6) is 0. The zero-order valence-corrected chi connectivity index (χ0v) is 12.9. The Hall–Kier alpha value is 0.230. The molecule has 0 radical (unpaired) electrons. The third-order valence-corrected chi connectivity index (χ3v) is 5.14. The Labute approximate surface area is 118 Å². The second-order valence-electron chi connectivity index (χ2n) is 5.91. The molecule has 0 saturated heterocycles. The molecule has 0 aromatic carbocycles. The molecule has 0 bridgehead atoms. The maximum absolute atomic E-state index is 6.27. The Balaban J connectivity index is 1.63. The lowest BCUT2D eigenvalue weighted by Gasteiger charge is -2.35. The van der Waals surface area contributed by atoms with Crippen molar-refractivity contribution in [2.45, 2.75) is 75.7 Å². The topological polar surface area (TPSA) is 85.3 Å². The molecule has 6 heteroatoms. The number of nitrogens with two attached hydrogens (primary N) is 2. The molecule has 2 saturated carbocycles. The molecule has 2 rings (SSSR count). The molecule has 0 amide bonds. The van der Waals surface area contributed by atoms with Gasteiger partial charge in [0.2, 0.25) is 0 Å². The summed E-state index contributed by atoms with van der Waals surface area (Å²) in [6.45, 7) is 0. The quantitative estimate of drug-likeness (QED) is 0.577. The van der Waals surface area contributed by atoms with E-state index in [-0.39, 0.29) is 0 Å². The van der Waals surface area contributed by atoms with Crippen LogP contribution in [0.15, 0.2) is 0 Å². The standard InChI is InChI=1S/C13H29N4OP/c1-16-10-2-6-12(7-3-10)18-13-8-4-11(5-9-13)17-19(14)15/h10-13,16-17H,2-9,14-15H2,1H3. The number of ether oxygens (including phenoxy) is 1. The van der Waals surface area contributed by atoms with E-state index in [9.17, 15) is 0 Å². The van der Waals surface area contributed by atoms with Crippen LogP contribution < -0.4 is 21.4 Å². The summed E-state index contributed by atoms with van der Waals surface area (Å²) in [4.78, 5) is 0. The molecule has 2 aliphatic rings. The Kier molecular flexibility index (Phi) is 6.46. The fraction of sp³-hybridized carbons (Fsp3) is 1.00. The summed E-state index contributed by atoms with van der Waals surface area (Å²) >= 11 is 0. The second-order valence-corrected chi connectivity index (χ2v) is 6.98. The van der Waals surface area contributed by atoms with Crippen LogP contribution in [0.4, 0.5) is 0 Å². The molecule has 0 aliphatic heterocycles. The van der Waals surface area contributed by atoms with E-state index in [1.165, 1.54) is 25.7 Å². The first kappa shape index (κ1) is 15.6. The molecule has 0 atom stereocenters. The Morgan fingerprint density at radius 1 is 0.842 bits per heavy atom. The largest absolute Gasteiger partial charge is 0.375 e. The van der Waals surface area contributed by atoms with Crippen molar-refractivity contribution in [2.24, 2.45) is 11.0 Å².